The van der Waals surface area contributed by atoms with Crippen LogP contribution in [-0.2, 0) is 7.05 Å². The smallest absolute Gasteiger partial charge is 0.372 e. The number of aromatic nitrogens is 3. The highest BCUT2D eigenvalue weighted by Crippen LogP contribution is 2.17. The Morgan fingerprint density at radius 3 is 2.60 bits per heavy atom. The first-order chi connectivity index (χ1) is 9.43. The summed E-state index contributed by atoms with van der Waals surface area (Å²) in [5.41, 5.74) is 1.24. The molecule has 2 aromatic heterocycles. The summed E-state index contributed by atoms with van der Waals surface area (Å²) in [4.78, 5) is 32.8. The Balaban J connectivity index is 2.42. The molecule has 2 heterocycles. The van der Waals surface area contributed by atoms with Crippen LogP contribution < -0.4 is 4.90 Å². The molecule has 7 nitrogen and oxygen atoms in total. The van der Waals surface area contributed by atoms with Crippen molar-refractivity contribution in [1.82, 2.24) is 14.5 Å². The van der Waals surface area contributed by atoms with Crippen LogP contribution in [0.2, 0.25) is 0 Å². The van der Waals surface area contributed by atoms with Gasteiger partial charge in [-0.05, 0) is 19.1 Å². The molecule has 2 aromatic rings. The number of amides is 1. The topological polar surface area (TPSA) is 88.3 Å². The molecular weight excluding hydrogens is 260 g/mol. The Kier molecular flexibility index (Phi) is 3.51. The van der Waals surface area contributed by atoms with E-state index in [0.717, 1.165) is 0 Å². The van der Waals surface area contributed by atoms with Crippen LogP contribution >= 0.6 is 0 Å². The van der Waals surface area contributed by atoms with Gasteiger partial charge in [-0.1, -0.05) is 0 Å². The molecule has 0 aromatic carbocycles. The average molecular weight is 274 g/mol. The number of pyridine rings is 1. The minimum Gasteiger partial charge on any atom is -0.475 e. The molecule has 0 aliphatic carbocycles. The van der Waals surface area contributed by atoms with Gasteiger partial charge in [0.2, 0.25) is 5.82 Å². The summed E-state index contributed by atoms with van der Waals surface area (Å²) in [6, 6.07) is 3.46. The number of carboxylic acids is 1. The predicted octanol–water partition coefficient (Wildman–Crippen LogP) is 1.10. The number of hydrogen-bond acceptors (Lipinski definition) is 4. The molecular formula is C13H14N4O3. The van der Waals surface area contributed by atoms with Gasteiger partial charge in [-0.25, -0.2) is 9.78 Å². The van der Waals surface area contributed by atoms with Crippen molar-refractivity contribution in [3.8, 4) is 0 Å². The van der Waals surface area contributed by atoms with Crippen molar-refractivity contribution in [2.45, 2.75) is 6.92 Å². The summed E-state index contributed by atoms with van der Waals surface area (Å²) in [6.07, 6.45) is 3.17. The second-order valence-corrected chi connectivity index (χ2v) is 4.31. The zero-order valence-corrected chi connectivity index (χ0v) is 11.4. The van der Waals surface area contributed by atoms with E-state index in [1.807, 2.05) is 0 Å². The number of aryl methyl sites for hydroxylation is 1. The van der Waals surface area contributed by atoms with Crippen LogP contribution in [0.25, 0.3) is 0 Å². The van der Waals surface area contributed by atoms with Crippen LogP contribution in [-0.4, -0.2) is 38.6 Å². The molecule has 1 N–H and O–H groups in total. The molecule has 0 fully saturated rings. The molecule has 1 amide bonds. The molecule has 2 rings (SSSR count). The average Bonchev–Trinajstić information content (AvgIpc) is 2.73. The Bertz CT molecular complexity index is 664. The SMILES string of the molecule is Cc1nc(C(=O)O)n(C)c1C(=O)N(C)c1cccnc1. The first kappa shape index (κ1) is 13.7. The van der Waals surface area contributed by atoms with Crippen molar-refractivity contribution in [1.29, 1.82) is 0 Å². The second-order valence-electron chi connectivity index (χ2n) is 4.31. The number of rotatable bonds is 3. The second kappa shape index (κ2) is 5.12. The molecule has 0 saturated heterocycles. The molecule has 0 bridgehead atoms. The lowest BCUT2D eigenvalue weighted by atomic mass is 10.3. The van der Waals surface area contributed by atoms with Gasteiger partial charge in [0, 0.05) is 20.3 Å². The number of nitrogens with zero attached hydrogens (tertiary/aromatic N) is 4. The summed E-state index contributed by atoms with van der Waals surface area (Å²) in [6.45, 7) is 1.61. The Morgan fingerprint density at radius 1 is 1.40 bits per heavy atom. The molecule has 0 aliphatic rings. The van der Waals surface area contributed by atoms with Gasteiger partial charge in [0.1, 0.15) is 5.69 Å². The molecule has 20 heavy (non-hydrogen) atoms. The van der Waals surface area contributed by atoms with Gasteiger partial charge >= 0.3 is 5.97 Å². The molecule has 0 unspecified atom stereocenters. The standard InChI is InChI=1S/C13H14N4O3/c1-8-10(17(3)11(15-8)13(19)20)12(18)16(2)9-5-4-6-14-7-9/h4-7H,1-3H3,(H,19,20). The van der Waals surface area contributed by atoms with E-state index in [1.165, 1.54) is 16.5 Å². The number of carboxylic acid groups (broad SMARTS) is 1. The number of carbonyl (C=O) groups is 2. The van der Waals surface area contributed by atoms with E-state index in [9.17, 15) is 9.59 Å². The summed E-state index contributed by atoms with van der Waals surface area (Å²) in [7, 11) is 3.11. The molecule has 104 valence electrons. The van der Waals surface area contributed by atoms with E-state index in [0.29, 0.717) is 11.4 Å². The summed E-state index contributed by atoms with van der Waals surface area (Å²) >= 11 is 0. The van der Waals surface area contributed by atoms with Crippen LogP contribution in [0, 0.1) is 6.92 Å². The van der Waals surface area contributed by atoms with Crippen LogP contribution in [0.5, 0.6) is 0 Å². The number of hydrogen-bond donors (Lipinski definition) is 1. The highest BCUT2D eigenvalue weighted by atomic mass is 16.4. The fourth-order valence-electron chi connectivity index (χ4n) is 1.95. The van der Waals surface area contributed by atoms with Crippen molar-refractivity contribution in [2.75, 3.05) is 11.9 Å². The van der Waals surface area contributed by atoms with Crippen molar-refractivity contribution < 1.29 is 14.7 Å². The van der Waals surface area contributed by atoms with E-state index in [1.54, 1.807) is 38.5 Å². The van der Waals surface area contributed by atoms with Gasteiger partial charge in [-0.15, -0.1) is 0 Å². The third-order valence-electron chi connectivity index (χ3n) is 3.00. The zero-order chi connectivity index (χ0) is 14.9. The largest absolute Gasteiger partial charge is 0.475 e. The Morgan fingerprint density at radius 2 is 2.10 bits per heavy atom. The molecule has 0 radical (unpaired) electrons. The van der Waals surface area contributed by atoms with E-state index in [4.69, 9.17) is 5.11 Å². The normalized spacial score (nSPS) is 10.3. The van der Waals surface area contributed by atoms with Gasteiger partial charge in [-0.2, -0.15) is 0 Å². The maximum atomic E-state index is 12.5. The lowest BCUT2D eigenvalue weighted by molar-refractivity contribution is 0.0679. The van der Waals surface area contributed by atoms with Crippen molar-refractivity contribution >= 4 is 17.6 Å². The van der Waals surface area contributed by atoms with E-state index < -0.39 is 5.97 Å². The van der Waals surface area contributed by atoms with Crippen molar-refractivity contribution in [2.24, 2.45) is 7.05 Å². The Hall–Kier alpha value is -2.70. The molecule has 0 aliphatic heterocycles. The molecule has 7 heteroatoms. The molecule has 0 saturated carbocycles. The van der Waals surface area contributed by atoms with Crippen LogP contribution in [0.4, 0.5) is 5.69 Å². The van der Waals surface area contributed by atoms with Crippen molar-refractivity contribution in [3.63, 3.8) is 0 Å². The lowest BCUT2D eigenvalue weighted by Gasteiger charge is -2.17. The van der Waals surface area contributed by atoms with Crippen LogP contribution in [0.1, 0.15) is 26.8 Å². The van der Waals surface area contributed by atoms with Gasteiger partial charge in [0.25, 0.3) is 5.91 Å². The van der Waals surface area contributed by atoms with Gasteiger partial charge in [0.05, 0.1) is 17.6 Å². The van der Waals surface area contributed by atoms with E-state index >= 15 is 0 Å². The maximum Gasteiger partial charge on any atom is 0.372 e. The molecule has 0 atom stereocenters. The summed E-state index contributed by atoms with van der Waals surface area (Å²) in [5, 5.41) is 9.02. The lowest BCUT2D eigenvalue weighted by Crippen LogP contribution is -2.29. The number of imidazole rings is 1. The fourth-order valence-corrected chi connectivity index (χ4v) is 1.95. The minimum absolute atomic E-state index is 0.162. The summed E-state index contributed by atoms with van der Waals surface area (Å²) < 4.78 is 1.28. The fraction of sp³-hybridized carbons (Fsp3) is 0.231. The van der Waals surface area contributed by atoms with Crippen LogP contribution in [0.3, 0.4) is 0 Å². The van der Waals surface area contributed by atoms with Gasteiger partial charge < -0.3 is 14.6 Å². The summed E-state index contributed by atoms with van der Waals surface area (Å²) in [5.74, 6) is -1.66. The quantitative estimate of drug-likeness (QED) is 0.905. The van der Waals surface area contributed by atoms with Crippen molar-refractivity contribution in [3.05, 3.63) is 41.7 Å². The van der Waals surface area contributed by atoms with Gasteiger partial charge in [-0.3, -0.25) is 9.78 Å². The number of anilines is 1. The first-order valence-corrected chi connectivity index (χ1v) is 5.88. The predicted molar refractivity (Wildman–Crippen MR) is 71.9 cm³/mol. The van der Waals surface area contributed by atoms with E-state index in [-0.39, 0.29) is 17.4 Å². The third-order valence-corrected chi connectivity index (χ3v) is 3.00. The highest BCUT2D eigenvalue weighted by Gasteiger charge is 2.24. The van der Waals surface area contributed by atoms with E-state index in [2.05, 4.69) is 9.97 Å². The third kappa shape index (κ3) is 2.25. The first-order valence-electron chi connectivity index (χ1n) is 5.88. The minimum atomic E-state index is -1.17. The highest BCUT2D eigenvalue weighted by molar-refractivity contribution is 6.06. The molecule has 0 spiro atoms. The number of aromatic carboxylic acids is 1. The van der Waals surface area contributed by atoms with Gasteiger partial charge in [0.15, 0.2) is 0 Å². The van der Waals surface area contributed by atoms with Crippen LogP contribution in [0.15, 0.2) is 24.5 Å². The maximum absolute atomic E-state index is 12.5. The monoisotopic (exact) mass is 274 g/mol. The number of carbonyl (C=O) groups excluding carboxylic acids is 1. The zero-order valence-electron chi connectivity index (χ0n) is 11.4. The Labute approximate surface area is 115 Å².